The lowest BCUT2D eigenvalue weighted by molar-refractivity contribution is -0.152. The van der Waals surface area contributed by atoms with E-state index in [-0.39, 0.29) is 36.4 Å². The molecular weight excluding hydrogens is 743 g/mol. The number of carbonyl (C=O) groups excluding carboxylic acids is 4. The van der Waals surface area contributed by atoms with Gasteiger partial charge in [0.05, 0.1) is 36.0 Å². The third-order valence-electron chi connectivity index (χ3n) is 8.07. The number of nitrogens with zero attached hydrogens (tertiary/aromatic N) is 4. The number of benzene rings is 1. The number of imide groups is 1. The SMILES string of the molecule is CC(=O)N(CC1CN(c2ccc(-c3ccc(C4=NOC(CC(O)CNC(C)C)C4)nc3)c(F)c2)C(=O)O1)C(=O)OCOC(=O)CCC(P(O)O)P(O)O. The first-order chi connectivity index (χ1) is 25.1. The number of rotatable bonds is 17. The van der Waals surface area contributed by atoms with Crippen LogP contribution in [0, 0.1) is 5.82 Å². The summed E-state index contributed by atoms with van der Waals surface area (Å²) in [7, 11) is -5.41. The molecule has 0 radical (unpaired) electrons. The summed E-state index contributed by atoms with van der Waals surface area (Å²) in [5, 5.41) is 16.2. The zero-order valence-electron chi connectivity index (χ0n) is 29.1. The number of aliphatic hydroxyl groups is 1. The summed E-state index contributed by atoms with van der Waals surface area (Å²) in [6.07, 6.45) is -2.34. The fourth-order valence-electron chi connectivity index (χ4n) is 5.32. The zero-order valence-corrected chi connectivity index (χ0v) is 30.9. The number of esters is 1. The number of cyclic esters (lactones) is 1. The van der Waals surface area contributed by atoms with E-state index < -0.39 is 84.0 Å². The number of aromatic nitrogens is 1. The molecule has 1 saturated heterocycles. The van der Waals surface area contributed by atoms with Crippen molar-refractivity contribution in [2.24, 2.45) is 5.16 Å². The van der Waals surface area contributed by atoms with E-state index >= 15 is 4.39 Å². The van der Waals surface area contributed by atoms with Gasteiger partial charge in [0.25, 0.3) is 0 Å². The Balaban J connectivity index is 1.28. The molecule has 3 amide bonds. The van der Waals surface area contributed by atoms with Crippen LogP contribution >= 0.6 is 16.8 Å². The van der Waals surface area contributed by atoms with E-state index in [1.807, 2.05) is 13.8 Å². The van der Waals surface area contributed by atoms with Crippen LogP contribution in [0.4, 0.5) is 19.7 Å². The molecule has 2 aliphatic heterocycles. The molecule has 2 aromatic rings. The Morgan fingerprint density at radius 2 is 1.85 bits per heavy atom. The number of ether oxygens (including phenoxy) is 3. The highest BCUT2D eigenvalue weighted by molar-refractivity contribution is 7.64. The third kappa shape index (κ3) is 12.0. The van der Waals surface area contributed by atoms with Crippen molar-refractivity contribution in [1.82, 2.24) is 15.2 Å². The van der Waals surface area contributed by atoms with Crippen LogP contribution in [0.25, 0.3) is 11.1 Å². The van der Waals surface area contributed by atoms with E-state index in [1.54, 1.807) is 12.1 Å². The second-order valence-corrected chi connectivity index (χ2v) is 15.4. The highest BCUT2D eigenvalue weighted by Gasteiger charge is 2.36. The van der Waals surface area contributed by atoms with Crippen molar-refractivity contribution in [2.75, 3.05) is 31.3 Å². The Morgan fingerprint density at radius 3 is 2.47 bits per heavy atom. The molecule has 3 unspecified atom stereocenters. The van der Waals surface area contributed by atoms with Gasteiger partial charge in [-0.2, -0.15) is 0 Å². The zero-order chi connectivity index (χ0) is 38.8. The minimum absolute atomic E-state index is 0.145. The van der Waals surface area contributed by atoms with Crippen molar-refractivity contribution in [3.63, 3.8) is 0 Å². The van der Waals surface area contributed by atoms with Gasteiger partial charge in [-0.15, -0.1) is 0 Å². The van der Waals surface area contributed by atoms with Gasteiger partial charge in [0.2, 0.25) is 12.7 Å². The van der Waals surface area contributed by atoms with Gasteiger partial charge in [0.15, 0.2) is 16.8 Å². The van der Waals surface area contributed by atoms with Crippen LogP contribution in [0.2, 0.25) is 0 Å². The van der Waals surface area contributed by atoms with Gasteiger partial charge < -0.3 is 49.0 Å². The van der Waals surface area contributed by atoms with Gasteiger partial charge in [0, 0.05) is 56.1 Å². The number of oxime groups is 1. The summed E-state index contributed by atoms with van der Waals surface area (Å²) in [5.74, 6) is -2.36. The average Bonchev–Trinajstić information content (AvgIpc) is 3.71. The van der Waals surface area contributed by atoms with E-state index in [0.29, 0.717) is 41.3 Å². The Kier molecular flexibility index (Phi) is 15.3. The lowest BCUT2D eigenvalue weighted by Crippen LogP contribution is -2.42. The first-order valence-electron chi connectivity index (χ1n) is 16.5. The predicted molar refractivity (Wildman–Crippen MR) is 188 cm³/mol. The van der Waals surface area contributed by atoms with Crippen molar-refractivity contribution in [2.45, 2.75) is 76.2 Å². The normalized spacial score (nSPS) is 17.6. The van der Waals surface area contributed by atoms with Crippen LogP contribution < -0.4 is 10.2 Å². The molecule has 53 heavy (non-hydrogen) atoms. The number of carbonyl (C=O) groups is 4. The maximum atomic E-state index is 15.4. The van der Waals surface area contributed by atoms with E-state index in [2.05, 4.69) is 15.5 Å². The van der Waals surface area contributed by atoms with Crippen LogP contribution in [0.3, 0.4) is 0 Å². The first-order valence-corrected chi connectivity index (χ1v) is 19.1. The Labute approximate surface area is 306 Å². The molecule has 18 nitrogen and oxygen atoms in total. The van der Waals surface area contributed by atoms with Crippen molar-refractivity contribution in [1.29, 1.82) is 0 Å². The molecule has 0 saturated carbocycles. The monoisotopic (exact) mass is 785 g/mol. The summed E-state index contributed by atoms with van der Waals surface area (Å²) in [5.41, 5.74) is 2.00. The van der Waals surface area contributed by atoms with Crippen molar-refractivity contribution < 1.29 is 67.3 Å². The number of halogens is 1. The number of aliphatic hydroxyl groups excluding tert-OH is 1. The Hall–Kier alpha value is -3.93. The standard InChI is InChI=1S/C32H42FN5O13P2/c1-18(2)34-14-22(40)11-23-12-28(36-51-23)27-7-4-20(13-35-27)25-6-5-21(10-26(25)33)38-16-24(50-32(38)43)15-37(19(3)39)31(42)49-17-48-29(41)8-9-30(52(44)45)53(46)47/h4-7,10,13,18,22-24,30,34,40,44-47H,8-9,11-12,14-17H2,1-3H3. The van der Waals surface area contributed by atoms with E-state index in [4.69, 9.17) is 19.0 Å². The molecule has 1 fully saturated rings. The van der Waals surface area contributed by atoms with Crippen LogP contribution in [0.1, 0.15) is 52.1 Å². The van der Waals surface area contributed by atoms with E-state index in [9.17, 15) is 43.9 Å². The fraction of sp³-hybridized carbons (Fsp3) is 0.500. The molecule has 4 rings (SSSR count). The lowest BCUT2D eigenvalue weighted by atomic mass is 10.0. The Morgan fingerprint density at radius 1 is 1.11 bits per heavy atom. The van der Waals surface area contributed by atoms with Gasteiger partial charge in [-0.1, -0.05) is 25.1 Å². The minimum Gasteiger partial charge on any atom is -0.442 e. The quantitative estimate of drug-likeness (QED) is 0.0767. The van der Waals surface area contributed by atoms with Gasteiger partial charge in [-0.3, -0.25) is 19.5 Å². The first kappa shape index (κ1) is 41.8. The topological polar surface area (TPSA) is 250 Å². The summed E-state index contributed by atoms with van der Waals surface area (Å²) in [6.45, 7) is 4.01. The summed E-state index contributed by atoms with van der Waals surface area (Å²) >= 11 is 0. The summed E-state index contributed by atoms with van der Waals surface area (Å²) < 4.78 is 30.3. The molecule has 0 spiro atoms. The second-order valence-electron chi connectivity index (χ2n) is 12.5. The van der Waals surface area contributed by atoms with E-state index in [1.165, 1.54) is 18.3 Å². The molecule has 290 valence electrons. The van der Waals surface area contributed by atoms with Gasteiger partial charge in [-0.05, 0) is 30.7 Å². The highest BCUT2D eigenvalue weighted by atomic mass is 31.2. The van der Waals surface area contributed by atoms with E-state index in [0.717, 1.165) is 17.9 Å². The molecule has 0 aliphatic carbocycles. The maximum Gasteiger partial charge on any atom is 0.419 e. The molecule has 6 N–H and O–H groups in total. The lowest BCUT2D eigenvalue weighted by Gasteiger charge is -2.21. The van der Waals surface area contributed by atoms with Crippen molar-refractivity contribution >= 4 is 52.2 Å². The second kappa shape index (κ2) is 19.4. The molecular formula is C32H42FN5O13P2. The maximum absolute atomic E-state index is 15.4. The largest absolute Gasteiger partial charge is 0.442 e. The number of hydrogen-bond donors (Lipinski definition) is 6. The number of amides is 3. The number of nitrogens with one attached hydrogen (secondary N) is 1. The van der Waals surface area contributed by atoms with Gasteiger partial charge in [-0.25, -0.2) is 18.9 Å². The molecule has 0 bridgehead atoms. The number of pyridine rings is 1. The van der Waals surface area contributed by atoms with Crippen LogP contribution in [-0.2, 0) is 28.6 Å². The van der Waals surface area contributed by atoms with Crippen LogP contribution in [-0.4, -0.2) is 121 Å². The van der Waals surface area contributed by atoms with Gasteiger partial charge in [0.1, 0.15) is 23.7 Å². The average molecular weight is 786 g/mol. The highest BCUT2D eigenvalue weighted by Crippen LogP contribution is 2.51. The van der Waals surface area contributed by atoms with Crippen LogP contribution in [0.5, 0.6) is 0 Å². The summed E-state index contributed by atoms with van der Waals surface area (Å²) in [6, 6.07) is 7.73. The van der Waals surface area contributed by atoms with Crippen molar-refractivity contribution in [3.05, 3.63) is 48.0 Å². The molecule has 21 heteroatoms. The third-order valence-corrected chi connectivity index (χ3v) is 10.9. The fourth-order valence-corrected chi connectivity index (χ4v) is 6.78. The molecule has 3 heterocycles. The minimum atomic E-state index is -2.70. The number of anilines is 1. The Bertz CT molecular complexity index is 1630. The summed E-state index contributed by atoms with van der Waals surface area (Å²) in [4.78, 5) is 97.9. The molecule has 3 atom stereocenters. The number of hydrogen-bond acceptors (Lipinski definition) is 16. The van der Waals surface area contributed by atoms with Gasteiger partial charge >= 0.3 is 18.2 Å². The molecule has 1 aromatic heterocycles. The van der Waals surface area contributed by atoms with Crippen molar-refractivity contribution in [3.8, 4) is 11.1 Å². The predicted octanol–water partition coefficient (Wildman–Crippen LogP) is 2.64. The smallest absolute Gasteiger partial charge is 0.419 e. The molecule has 1 aromatic carbocycles. The van der Waals surface area contributed by atoms with Crippen LogP contribution in [0.15, 0.2) is 41.7 Å². The molecule has 2 aliphatic rings.